The van der Waals surface area contributed by atoms with Gasteiger partial charge in [-0.05, 0) is 254 Å². The van der Waals surface area contributed by atoms with Crippen molar-refractivity contribution in [3.05, 3.63) is 169 Å². The molecule has 0 saturated heterocycles. The molecule has 0 radical (unpaired) electrons. The second-order valence-corrected chi connectivity index (χ2v) is 25.9. The molecular weight excluding hydrogens is 897 g/mol. The molecule has 0 spiro atoms. The Kier molecular flexibility index (Phi) is 7.71. The van der Waals surface area contributed by atoms with Gasteiger partial charge in [-0.25, -0.2) is 4.85 Å². The molecule has 4 nitrogen and oxygen atoms in total. The summed E-state index contributed by atoms with van der Waals surface area (Å²) in [6.07, 6.45) is 21.0. The normalized spacial score (nSPS) is 26.5. The average molecular weight is 955 g/mol. The zero-order valence-corrected chi connectivity index (χ0v) is 42.2. The SMILES string of the molecule is [C-]#[N+]c1cc2c(c3c1C1CC4CC(C1)CC3C4)c1c3cc(c4c5cc6c(cc5n2c41)c1c2cc(c4c5c7c(c(C#N)cc5n6c14)C1CC4CC(C1)CC7C4)CCc1cccc(c1)CC2)CCc1cccc(c1)CC3. The first-order valence-corrected chi connectivity index (χ1v) is 29.0. The van der Waals surface area contributed by atoms with Crippen LogP contribution in [-0.2, 0) is 51.4 Å². The molecule has 4 saturated carbocycles. The maximum absolute atomic E-state index is 11.3. The molecule has 10 aliphatic rings. The Morgan fingerprint density at radius 2 is 0.811 bits per heavy atom. The first-order chi connectivity index (χ1) is 36.5. The first kappa shape index (κ1) is 40.5. The molecule has 0 aliphatic heterocycles. The van der Waals surface area contributed by atoms with Gasteiger partial charge in [0.1, 0.15) is 0 Å². The monoisotopic (exact) mass is 954 g/mol. The predicted molar refractivity (Wildman–Crippen MR) is 300 cm³/mol. The lowest BCUT2D eigenvalue weighted by molar-refractivity contribution is 0.166. The smallest absolute Gasteiger partial charge is 0.193 e. The van der Waals surface area contributed by atoms with Crippen LogP contribution < -0.4 is 0 Å². The maximum Gasteiger partial charge on any atom is 0.193 e. The third kappa shape index (κ3) is 5.10. The van der Waals surface area contributed by atoms with Crippen LogP contribution in [0.5, 0.6) is 0 Å². The van der Waals surface area contributed by atoms with E-state index >= 15 is 0 Å². The Morgan fingerprint density at radius 3 is 1.26 bits per heavy atom. The van der Waals surface area contributed by atoms with Gasteiger partial charge in [0, 0.05) is 48.6 Å². The summed E-state index contributed by atoms with van der Waals surface area (Å²) in [5.74, 6) is 5.15. The van der Waals surface area contributed by atoms with Gasteiger partial charge in [-0.15, -0.1) is 0 Å². The second-order valence-electron chi connectivity index (χ2n) is 25.9. The van der Waals surface area contributed by atoms with Crippen LogP contribution >= 0.6 is 0 Å². The summed E-state index contributed by atoms with van der Waals surface area (Å²) in [6.45, 7) is 8.94. The van der Waals surface area contributed by atoms with Gasteiger partial charge in [0.05, 0.1) is 45.8 Å². The van der Waals surface area contributed by atoms with Crippen LogP contribution in [0.25, 0.3) is 81.0 Å². The van der Waals surface area contributed by atoms with E-state index in [9.17, 15) is 5.26 Å². The summed E-state index contributed by atoms with van der Waals surface area (Å²) in [4.78, 5) is 4.53. The molecule has 21 rings (SSSR count). The van der Waals surface area contributed by atoms with Gasteiger partial charge in [0.25, 0.3) is 0 Å². The molecule has 4 atom stereocenters. The van der Waals surface area contributed by atoms with E-state index < -0.39 is 0 Å². The fourth-order valence-electron chi connectivity index (χ4n) is 19.9. The van der Waals surface area contributed by atoms with E-state index in [-0.39, 0.29) is 0 Å². The minimum absolute atomic E-state index is 0.493. The number of nitriles is 1. The van der Waals surface area contributed by atoms with Crippen LogP contribution in [0.4, 0.5) is 5.69 Å². The fraction of sp³-hybridized carbons (Fsp3) is 0.371. The molecule has 11 aromatic rings. The molecule has 10 aliphatic carbocycles. The molecule has 74 heavy (non-hydrogen) atoms. The largest absolute Gasteiger partial charge is 0.309 e. The Hall–Kier alpha value is -6.88. The summed E-state index contributed by atoms with van der Waals surface area (Å²) in [5, 5.41) is 22.9. The third-order valence-corrected chi connectivity index (χ3v) is 22.1. The lowest BCUT2D eigenvalue weighted by atomic mass is 9.67. The lowest BCUT2D eigenvalue weighted by Crippen LogP contribution is -2.25. The molecule has 16 bridgehead atoms. The minimum atomic E-state index is 0.493. The van der Waals surface area contributed by atoms with Crippen LogP contribution in [0, 0.1) is 41.6 Å². The summed E-state index contributed by atoms with van der Waals surface area (Å²) < 4.78 is 5.44. The number of fused-ring (bicyclic) bond motifs is 24. The summed E-state index contributed by atoms with van der Waals surface area (Å²) >= 11 is 0. The molecule has 4 heterocycles. The summed E-state index contributed by atoms with van der Waals surface area (Å²) in [5.41, 5.74) is 27.6. The lowest BCUT2D eigenvalue weighted by Gasteiger charge is -2.38. The van der Waals surface area contributed by atoms with E-state index in [0.29, 0.717) is 23.7 Å². The Balaban J connectivity index is 0.990. The molecule has 4 fully saturated rings. The van der Waals surface area contributed by atoms with E-state index in [2.05, 4.69) is 105 Å². The molecule has 4 aromatic heterocycles. The highest BCUT2D eigenvalue weighted by atomic mass is 14.9. The zero-order chi connectivity index (χ0) is 48.0. The van der Waals surface area contributed by atoms with Crippen molar-refractivity contribution in [2.75, 3.05) is 0 Å². The van der Waals surface area contributed by atoms with Crippen molar-refractivity contribution < 1.29 is 0 Å². The van der Waals surface area contributed by atoms with E-state index in [1.54, 1.807) is 11.1 Å². The highest BCUT2D eigenvalue weighted by Gasteiger charge is 2.47. The van der Waals surface area contributed by atoms with E-state index in [1.165, 1.54) is 196 Å². The van der Waals surface area contributed by atoms with Gasteiger partial charge in [0.2, 0.25) is 0 Å². The molecular formula is C70H58N4. The van der Waals surface area contributed by atoms with Gasteiger partial charge in [-0.3, -0.25) is 0 Å². The minimum Gasteiger partial charge on any atom is -0.309 e. The molecule has 4 unspecified atom stereocenters. The van der Waals surface area contributed by atoms with Crippen LogP contribution in [0.2, 0.25) is 0 Å². The van der Waals surface area contributed by atoms with Gasteiger partial charge >= 0.3 is 0 Å². The quantitative estimate of drug-likeness (QED) is 0.140. The van der Waals surface area contributed by atoms with Crippen molar-refractivity contribution in [2.45, 2.75) is 139 Å². The van der Waals surface area contributed by atoms with Crippen molar-refractivity contribution in [3.63, 3.8) is 0 Å². The van der Waals surface area contributed by atoms with E-state index in [0.717, 1.165) is 86.3 Å². The van der Waals surface area contributed by atoms with Gasteiger partial charge in [0.15, 0.2) is 5.69 Å². The Bertz CT molecular complexity index is 4170. The average Bonchev–Trinajstić information content (AvgIpc) is 4.25. The Morgan fingerprint density at radius 1 is 0.405 bits per heavy atom. The van der Waals surface area contributed by atoms with Crippen LogP contribution in [0.3, 0.4) is 0 Å². The topological polar surface area (TPSA) is 37.0 Å². The van der Waals surface area contributed by atoms with E-state index in [4.69, 9.17) is 6.57 Å². The van der Waals surface area contributed by atoms with Gasteiger partial charge in [-0.1, -0.05) is 60.7 Å². The molecule has 0 N–H and O–H groups in total. The number of benzene rings is 7. The third-order valence-electron chi connectivity index (χ3n) is 22.1. The summed E-state index contributed by atoms with van der Waals surface area (Å²) in [6, 6.07) is 37.3. The molecule has 0 amide bonds. The van der Waals surface area contributed by atoms with Crippen LogP contribution in [0.1, 0.15) is 160 Å². The van der Waals surface area contributed by atoms with Crippen molar-refractivity contribution >= 4 is 81.9 Å². The Labute approximate surface area is 431 Å². The van der Waals surface area contributed by atoms with Crippen molar-refractivity contribution in [1.82, 2.24) is 8.80 Å². The maximum atomic E-state index is 11.3. The number of nitrogens with zero attached hydrogens (tertiary/aromatic N) is 4. The number of hydrogen-bond acceptors (Lipinski definition) is 1. The second kappa shape index (κ2) is 14.1. The van der Waals surface area contributed by atoms with Crippen LogP contribution in [-0.4, -0.2) is 8.80 Å². The molecule has 358 valence electrons. The predicted octanol–water partition coefficient (Wildman–Crippen LogP) is 17.0. The molecule has 4 heteroatoms. The number of hydrogen-bond donors (Lipinski definition) is 0. The molecule has 7 aromatic carbocycles. The number of rotatable bonds is 0. The van der Waals surface area contributed by atoms with E-state index in [1.807, 2.05) is 0 Å². The van der Waals surface area contributed by atoms with Crippen molar-refractivity contribution in [3.8, 4) is 6.07 Å². The first-order valence-electron chi connectivity index (χ1n) is 29.0. The van der Waals surface area contributed by atoms with Crippen molar-refractivity contribution in [1.29, 1.82) is 5.26 Å². The zero-order valence-electron chi connectivity index (χ0n) is 42.2. The standard InChI is InChI=1S/C70H58N4/c1-72-54-33-58-68(64-50-26-41-19-42(27-50)23-48(22-41)62(54)64)66-46-15-11-38-7-3-5-36(17-38)9-13-44(29-46)61-53-31-55-52(32-56(53)74(58)70(61)66)60-43-12-8-35-4-2-6-37(16-35)10-14-45(28-43)65-67-57(73(55)69(60)65)30-51(34-71)59-47-20-39-18-40(21-47)25-49(24-39)63(59)67/h2-7,16-17,28-33,39-42,47-50H,8-15,18-27H2. The van der Waals surface area contributed by atoms with Gasteiger partial charge < -0.3 is 8.80 Å². The van der Waals surface area contributed by atoms with Gasteiger partial charge in [-0.2, -0.15) is 5.26 Å². The number of aryl methyl sites for hydroxylation is 8. The van der Waals surface area contributed by atoms with Crippen molar-refractivity contribution in [2.24, 2.45) is 23.7 Å². The van der Waals surface area contributed by atoms with Crippen LogP contribution in [0.15, 0.2) is 84.9 Å². The fourth-order valence-corrected chi connectivity index (χ4v) is 19.9. The summed E-state index contributed by atoms with van der Waals surface area (Å²) in [7, 11) is 0. The highest BCUT2D eigenvalue weighted by molar-refractivity contribution is 6.31. The number of aromatic nitrogens is 2. The highest BCUT2D eigenvalue weighted by Crippen LogP contribution is 2.63.